The lowest BCUT2D eigenvalue weighted by Gasteiger charge is -2.26. The zero-order chi connectivity index (χ0) is 9.84. The van der Waals surface area contributed by atoms with Crippen molar-refractivity contribution in [2.75, 3.05) is 0 Å². The Morgan fingerprint density at radius 3 is 2.38 bits per heavy atom. The van der Waals surface area contributed by atoms with Gasteiger partial charge in [0.15, 0.2) is 5.78 Å². The summed E-state index contributed by atoms with van der Waals surface area (Å²) in [6.45, 7) is 4.24. The molecule has 2 heteroatoms. The van der Waals surface area contributed by atoms with Crippen LogP contribution >= 0.6 is 0 Å². The van der Waals surface area contributed by atoms with E-state index in [1.807, 2.05) is 6.92 Å². The number of carbonyl (C=O) groups excluding carboxylic acids is 1. The van der Waals surface area contributed by atoms with Crippen LogP contribution in [0.15, 0.2) is 0 Å². The molecule has 0 bridgehead atoms. The molecule has 2 nitrogen and oxygen atoms in total. The Hall–Kier alpha value is -0.370. The van der Waals surface area contributed by atoms with Gasteiger partial charge in [-0.05, 0) is 25.2 Å². The summed E-state index contributed by atoms with van der Waals surface area (Å²) in [4.78, 5) is 11.7. The van der Waals surface area contributed by atoms with Crippen molar-refractivity contribution >= 4 is 5.78 Å². The molecule has 1 aliphatic rings. The predicted molar refractivity (Wildman–Crippen MR) is 54.4 cm³/mol. The lowest BCUT2D eigenvalue weighted by Crippen LogP contribution is -2.36. The molecule has 0 aromatic carbocycles. The van der Waals surface area contributed by atoms with Gasteiger partial charge in [-0.15, -0.1) is 0 Å². The summed E-state index contributed by atoms with van der Waals surface area (Å²) in [7, 11) is 0. The first-order chi connectivity index (χ1) is 6.15. The van der Waals surface area contributed by atoms with Crippen LogP contribution < -0.4 is 5.73 Å². The van der Waals surface area contributed by atoms with E-state index >= 15 is 0 Å². The van der Waals surface area contributed by atoms with Gasteiger partial charge in [-0.3, -0.25) is 4.79 Å². The van der Waals surface area contributed by atoms with Crippen LogP contribution in [0.4, 0.5) is 0 Å². The lowest BCUT2D eigenvalue weighted by molar-refractivity contribution is -0.125. The van der Waals surface area contributed by atoms with Gasteiger partial charge >= 0.3 is 0 Å². The third-order valence-corrected chi connectivity index (χ3v) is 3.22. The van der Waals surface area contributed by atoms with E-state index in [-0.39, 0.29) is 12.0 Å². The average molecular weight is 183 g/mol. The maximum Gasteiger partial charge on any atom is 0.152 e. The smallest absolute Gasteiger partial charge is 0.152 e. The Morgan fingerprint density at radius 1 is 1.38 bits per heavy atom. The first-order valence-electron chi connectivity index (χ1n) is 5.44. The lowest BCUT2D eigenvalue weighted by atomic mass is 9.79. The van der Waals surface area contributed by atoms with Crippen LogP contribution in [0.5, 0.6) is 0 Å². The maximum absolute atomic E-state index is 11.7. The molecule has 13 heavy (non-hydrogen) atoms. The van der Waals surface area contributed by atoms with E-state index in [4.69, 9.17) is 5.73 Å². The largest absolute Gasteiger partial charge is 0.322 e. The molecule has 1 unspecified atom stereocenters. The van der Waals surface area contributed by atoms with Gasteiger partial charge in [0.25, 0.3) is 0 Å². The highest BCUT2D eigenvalue weighted by Gasteiger charge is 2.26. The molecular formula is C11H21NO. The molecule has 1 atom stereocenters. The molecule has 0 aromatic rings. The first-order valence-corrected chi connectivity index (χ1v) is 5.44. The molecule has 2 N–H and O–H groups in total. The minimum absolute atomic E-state index is 0.210. The predicted octanol–water partition coefficient (Wildman–Crippen LogP) is 2.12. The summed E-state index contributed by atoms with van der Waals surface area (Å²) in [6, 6.07) is -0.210. The number of hydrogen-bond donors (Lipinski definition) is 1. The van der Waals surface area contributed by atoms with E-state index in [1.54, 1.807) is 0 Å². The number of rotatable bonds is 3. The molecule has 0 amide bonds. The van der Waals surface area contributed by atoms with Gasteiger partial charge in [-0.25, -0.2) is 0 Å². The molecule has 0 radical (unpaired) electrons. The minimum atomic E-state index is -0.210. The second kappa shape index (κ2) is 4.75. The highest BCUT2D eigenvalue weighted by Crippen LogP contribution is 2.29. The number of carbonyl (C=O) groups is 1. The van der Waals surface area contributed by atoms with Gasteiger partial charge in [-0.2, -0.15) is 0 Å². The van der Waals surface area contributed by atoms with Crippen molar-refractivity contribution in [2.24, 2.45) is 17.6 Å². The van der Waals surface area contributed by atoms with Crippen LogP contribution in [0.3, 0.4) is 0 Å². The highest BCUT2D eigenvalue weighted by molar-refractivity contribution is 5.86. The zero-order valence-corrected chi connectivity index (χ0v) is 8.75. The van der Waals surface area contributed by atoms with Crippen LogP contribution in [0.2, 0.25) is 0 Å². The Morgan fingerprint density at radius 2 is 1.92 bits per heavy atom. The fraction of sp³-hybridized carbons (Fsp3) is 0.909. The Balaban J connectivity index is 2.40. The fourth-order valence-corrected chi connectivity index (χ4v) is 2.05. The first kappa shape index (κ1) is 10.7. The summed E-state index contributed by atoms with van der Waals surface area (Å²) in [5.74, 6) is 1.38. The summed E-state index contributed by atoms with van der Waals surface area (Å²) in [5, 5.41) is 0. The van der Waals surface area contributed by atoms with E-state index in [1.165, 1.54) is 12.8 Å². The van der Waals surface area contributed by atoms with Gasteiger partial charge in [0, 0.05) is 5.92 Å². The van der Waals surface area contributed by atoms with Crippen molar-refractivity contribution < 1.29 is 4.79 Å². The van der Waals surface area contributed by atoms with Gasteiger partial charge in [0.2, 0.25) is 0 Å². The Bertz CT molecular complexity index is 171. The van der Waals surface area contributed by atoms with Crippen molar-refractivity contribution in [3.63, 3.8) is 0 Å². The second-order valence-electron chi connectivity index (χ2n) is 4.37. The van der Waals surface area contributed by atoms with Crippen molar-refractivity contribution in [1.82, 2.24) is 0 Å². The molecule has 0 saturated heterocycles. The molecule has 0 aromatic heterocycles. The summed E-state index contributed by atoms with van der Waals surface area (Å²) in [5.41, 5.74) is 5.73. The highest BCUT2D eigenvalue weighted by atomic mass is 16.1. The quantitative estimate of drug-likeness (QED) is 0.728. The van der Waals surface area contributed by atoms with Crippen LogP contribution in [-0.2, 0) is 4.79 Å². The van der Waals surface area contributed by atoms with Gasteiger partial charge < -0.3 is 5.73 Å². The number of ketones is 1. The van der Waals surface area contributed by atoms with E-state index in [2.05, 4.69) is 6.92 Å². The molecular weight excluding hydrogens is 162 g/mol. The minimum Gasteiger partial charge on any atom is -0.322 e. The number of hydrogen-bond acceptors (Lipinski definition) is 2. The van der Waals surface area contributed by atoms with Crippen LogP contribution in [0.1, 0.15) is 46.0 Å². The Labute approximate surface area is 80.9 Å². The topological polar surface area (TPSA) is 43.1 Å². The summed E-state index contributed by atoms with van der Waals surface area (Å²) >= 11 is 0. The van der Waals surface area contributed by atoms with Crippen LogP contribution in [0, 0.1) is 11.8 Å². The third-order valence-electron chi connectivity index (χ3n) is 3.22. The van der Waals surface area contributed by atoms with Crippen LogP contribution in [-0.4, -0.2) is 11.8 Å². The molecule has 1 aliphatic carbocycles. The normalized spacial score (nSPS) is 31.3. The van der Waals surface area contributed by atoms with Crippen molar-refractivity contribution in [2.45, 2.75) is 52.0 Å². The van der Waals surface area contributed by atoms with Crippen molar-refractivity contribution in [3.8, 4) is 0 Å². The standard InChI is InChI=1S/C11H21NO/c1-3-10(12)11(13)9-6-4-8(2)5-7-9/h8-10H,3-7,12H2,1-2H3. The van der Waals surface area contributed by atoms with E-state index in [0.29, 0.717) is 5.78 Å². The van der Waals surface area contributed by atoms with E-state index in [0.717, 1.165) is 25.2 Å². The summed E-state index contributed by atoms with van der Waals surface area (Å²) in [6.07, 6.45) is 5.31. The van der Waals surface area contributed by atoms with Crippen molar-refractivity contribution in [1.29, 1.82) is 0 Å². The fourth-order valence-electron chi connectivity index (χ4n) is 2.05. The average Bonchev–Trinajstić information content (AvgIpc) is 2.17. The maximum atomic E-state index is 11.7. The molecule has 1 saturated carbocycles. The van der Waals surface area contributed by atoms with E-state index < -0.39 is 0 Å². The van der Waals surface area contributed by atoms with Gasteiger partial charge in [-0.1, -0.05) is 26.7 Å². The van der Waals surface area contributed by atoms with Gasteiger partial charge in [0.1, 0.15) is 0 Å². The monoisotopic (exact) mass is 183 g/mol. The molecule has 0 spiro atoms. The van der Waals surface area contributed by atoms with Crippen molar-refractivity contribution in [3.05, 3.63) is 0 Å². The molecule has 0 aliphatic heterocycles. The third kappa shape index (κ3) is 2.80. The SMILES string of the molecule is CCC(N)C(=O)C1CCC(C)CC1. The Kier molecular flexibility index (Phi) is 3.91. The summed E-state index contributed by atoms with van der Waals surface area (Å²) < 4.78 is 0. The van der Waals surface area contributed by atoms with Crippen LogP contribution in [0.25, 0.3) is 0 Å². The zero-order valence-electron chi connectivity index (χ0n) is 8.75. The second-order valence-corrected chi connectivity index (χ2v) is 4.37. The van der Waals surface area contributed by atoms with Gasteiger partial charge in [0.05, 0.1) is 6.04 Å². The number of nitrogens with two attached hydrogens (primary N) is 1. The molecule has 1 fully saturated rings. The van der Waals surface area contributed by atoms with E-state index in [9.17, 15) is 4.79 Å². The number of Topliss-reactive ketones (excluding diaryl/α,β-unsaturated/α-hetero) is 1. The molecule has 1 rings (SSSR count). The molecule has 76 valence electrons. The molecule has 0 heterocycles.